The number of aromatic amines is 1. The highest BCUT2D eigenvalue weighted by atomic mass is 16.2. The molecule has 0 aliphatic rings. The molecule has 3 N–H and O–H groups in total. The second-order valence-electron chi connectivity index (χ2n) is 8.46. The number of imidazole rings is 1. The normalized spacial score (nSPS) is 11.4. The van der Waals surface area contributed by atoms with E-state index in [9.17, 15) is 14.4 Å². The van der Waals surface area contributed by atoms with Crippen molar-refractivity contribution in [1.29, 1.82) is 0 Å². The number of nitrogens with two attached hydrogens (primary N) is 1. The first-order chi connectivity index (χ1) is 15.2. The molecule has 1 amide bonds. The number of anilines is 2. The lowest BCUT2D eigenvalue weighted by molar-refractivity contribution is -0.119. The number of nitrogens with zero attached hydrogens (tertiary/aromatic N) is 4. The van der Waals surface area contributed by atoms with Crippen molar-refractivity contribution >= 4 is 28.4 Å². The second kappa shape index (κ2) is 9.84. The third-order valence-electron chi connectivity index (χ3n) is 5.59. The molecule has 2 aromatic heterocycles. The van der Waals surface area contributed by atoms with Crippen LogP contribution in [0.25, 0.3) is 11.0 Å². The van der Waals surface area contributed by atoms with Crippen LogP contribution in [-0.4, -0.2) is 31.6 Å². The number of amides is 1. The zero-order valence-corrected chi connectivity index (χ0v) is 19.2. The molecule has 0 bridgehead atoms. The van der Waals surface area contributed by atoms with E-state index in [1.54, 1.807) is 0 Å². The first-order valence-electron chi connectivity index (χ1n) is 11.1. The van der Waals surface area contributed by atoms with E-state index in [-0.39, 0.29) is 24.0 Å². The molecule has 0 radical (unpaired) electrons. The zero-order chi connectivity index (χ0) is 23.4. The Kier molecular flexibility index (Phi) is 7.17. The highest BCUT2D eigenvalue weighted by Crippen LogP contribution is 2.21. The summed E-state index contributed by atoms with van der Waals surface area (Å²) < 4.78 is 3.17. The van der Waals surface area contributed by atoms with Crippen LogP contribution in [0.4, 0.5) is 11.5 Å². The van der Waals surface area contributed by atoms with E-state index < -0.39 is 11.2 Å². The predicted molar refractivity (Wildman–Crippen MR) is 127 cm³/mol. The maximum atomic E-state index is 13.5. The van der Waals surface area contributed by atoms with Crippen LogP contribution < -0.4 is 21.9 Å². The third kappa shape index (κ3) is 4.76. The van der Waals surface area contributed by atoms with E-state index in [0.717, 1.165) is 23.9 Å². The fourth-order valence-corrected chi connectivity index (χ4v) is 3.74. The van der Waals surface area contributed by atoms with Crippen LogP contribution in [0.15, 0.2) is 33.9 Å². The zero-order valence-electron chi connectivity index (χ0n) is 19.2. The maximum absolute atomic E-state index is 13.5. The van der Waals surface area contributed by atoms with Gasteiger partial charge < -0.3 is 15.2 Å². The number of rotatable bonds is 9. The van der Waals surface area contributed by atoms with Crippen molar-refractivity contribution in [1.82, 2.24) is 19.1 Å². The van der Waals surface area contributed by atoms with Crippen LogP contribution in [0.3, 0.4) is 0 Å². The number of nitrogen functional groups attached to an aromatic ring is 1. The molecular weight excluding hydrogens is 408 g/mol. The van der Waals surface area contributed by atoms with Gasteiger partial charge in [-0.15, -0.1) is 0 Å². The molecule has 0 aliphatic carbocycles. The summed E-state index contributed by atoms with van der Waals surface area (Å²) >= 11 is 0. The Morgan fingerprint density at radius 1 is 1.22 bits per heavy atom. The van der Waals surface area contributed by atoms with E-state index in [1.807, 2.05) is 56.5 Å². The fraction of sp³-hybridized carbons (Fsp3) is 0.478. The van der Waals surface area contributed by atoms with Gasteiger partial charge in [-0.1, -0.05) is 39.3 Å². The van der Waals surface area contributed by atoms with Gasteiger partial charge in [0.15, 0.2) is 5.69 Å². The number of aromatic nitrogens is 4. The summed E-state index contributed by atoms with van der Waals surface area (Å²) in [5, 5.41) is 0. The number of para-hydroxylation sites is 2. The summed E-state index contributed by atoms with van der Waals surface area (Å²) in [6, 6.07) is 7.60. The number of hydrogen-bond donors (Lipinski definition) is 2. The van der Waals surface area contributed by atoms with Gasteiger partial charge in [0.1, 0.15) is 18.2 Å². The van der Waals surface area contributed by atoms with E-state index >= 15 is 0 Å². The lowest BCUT2D eigenvalue weighted by atomic mass is 10.1. The SMILES string of the molecule is CCCCn1c(N)c(N(CCC(C)C)C(=O)Cn2c(C)nc3ccccc32)c(=O)[nH]c1=O. The second-order valence-corrected chi connectivity index (χ2v) is 8.46. The predicted octanol–water partition coefficient (Wildman–Crippen LogP) is 2.66. The fourth-order valence-electron chi connectivity index (χ4n) is 3.74. The Balaban J connectivity index is 2.05. The van der Waals surface area contributed by atoms with Gasteiger partial charge in [0.2, 0.25) is 5.91 Å². The van der Waals surface area contributed by atoms with Gasteiger partial charge in [-0.2, -0.15) is 0 Å². The van der Waals surface area contributed by atoms with Gasteiger partial charge in [-0.25, -0.2) is 9.78 Å². The van der Waals surface area contributed by atoms with Crippen LogP contribution in [0.1, 0.15) is 45.9 Å². The van der Waals surface area contributed by atoms with Crippen molar-refractivity contribution in [3.63, 3.8) is 0 Å². The molecule has 9 nitrogen and oxygen atoms in total. The van der Waals surface area contributed by atoms with Crippen LogP contribution >= 0.6 is 0 Å². The van der Waals surface area contributed by atoms with Crippen LogP contribution in [0, 0.1) is 12.8 Å². The van der Waals surface area contributed by atoms with Gasteiger partial charge in [0.25, 0.3) is 5.56 Å². The topological polar surface area (TPSA) is 119 Å². The molecule has 32 heavy (non-hydrogen) atoms. The number of carbonyl (C=O) groups is 1. The van der Waals surface area contributed by atoms with Crippen molar-refractivity contribution < 1.29 is 4.79 Å². The van der Waals surface area contributed by atoms with Gasteiger partial charge >= 0.3 is 5.69 Å². The Bertz CT molecular complexity index is 1220. The van der Waals surface area contributed by atoms with Gasteiger partial charge in [-0.05, 0) is 37.8 Å². The number of benzene rings is 1. The molecule has 0 unspecified atom stereocenters. The summed E-state index contributed by atoms with van der Waals surface area (Å²) in [5.74, 6) is 0.761. The monoisotopic (exact) mass is 440 g/mol. The quantitative estimate of drug-likeness (QED) is 0.530. The molecular formula is C23H32N6O3. The molecule has 0 fully saturated rings. The summed E-state index contributed by atoms with van der Waals surface area (Å²) in [6.07, 6.45) is 2.28. The Morgan fingerprint density at radius 3 is 2.62 bits per heavy atom. The molecule has 172 valence electrons. The molecule has 0 atom stereocenters. The maximum Gasteiger partial charge on any atom is 0.330 e. The molecule has 0 spiro atoms. The van der Waals surface area contributed by atoms with E-state index in [2.05, 4.69) is 9.97 Å². The number of hydrogen-bond acceptors (Lipinski definition) is 5. The van der Waals surface area contributed by atoms with Gasteiger partial charge in [-0.3, -0.25) is 19.1 Å². The van der Waals surface area contributed by atoms with E-state index in [1.165, 1.54) is 9.47 Å². The minimum absolute atomic E-state index is 0.0113. The lowest BCUT2D eigenvalue weighted by Crippen LogP contribution is -2.43. The number of aryl methyl sites for hydroxylation is 1. The number of nitrogens with one attached hydrogen (secondary N) is 1. The summed E-state index contributed by atoms with van der Waals surface area (Å²) in [6.45, 7) is 8.65. The van der Waals surface area contributed by atoms with Crippen molar-refractivity contribution in [3.8, 4) is 0 Å². The largest absolute Gasteiger partial charge is 0.383 e. The summed E-state index contributed by atoms with van der Waals surface area (Å²) in [7, 11) is 0. The Hall–Kier alpha value is -3.36. The first kappa shape index (κ1) is 23.3. The third-order valence-corrected chi connectivity index (χ3v) is 5.59. The van der Waals surface area contributed by atoms with Gasteiger partial charge in [0.05, 0.1) is 11.0 Å². The van der Waals surface area contributed by atoms with Crippen molar-refractivity contribution in [3.05, 3.63) is 50.9 Å². The van der Waals surface area contributed by atoms with Crippen molar-refractivity contribution in [2.45, 2.75) is 60.0 Å². The Labute approximate surface area is 186 Å². The molecule has 0 saturated carbocycles. The van der Waals surface area contributed by atoms with Crippen LogP contribution in [0.5, 0.6) is 0 Å². The van der Waals surface area contributed by atoms with E-state index in [0.29, 0.717) is 31.3 Å². The minimum Gasteiger partial charge on any atom is -0.383 e. The molecule has 9 heteroatoms. The average molecular weight is 441 g/mol. The van der Waals surface area contributed by atoms with Crippen LogP contribution in [0.2, 0.25) is 0 Å². The molecule has 2 heterocycles. The smallest absolute Gasteiger partial charge is 0.330 e. The van der Waals surface area contributed by atoms with Crippen molar-refractivity contribution in [2.24, 2.45) is 5.92 Å². The molecule has 0 aliphatic heterocycles. The number of unbranched alkanes of at least 4 members (excludes halogenated alkanes) is 1. The van der Waals surface area contributed by atoms with Crippen LogP contribution in [-0.2, 0) is 17.9 Å². The summed E-state index contributed by atoms with van der Waals surface area (Å²) in [4.78, 5) is 46.9. The Morgan fingerprint density at radius 2 is 1.94 bits per heavy atom. The highest BCUT2D eigenvalue weighted by molar-refractivity contribution is 5.96. The number of fused-ring (bicyclic) bond motifs is 1. The minimum atomic E-state index is -0.649. The molecule has 1 aromatic carbocycles. The lowest BCUT2D eigenvalue weighted by Gasteiger charge is -2.26. The number of carbonyl (C=O) groups excluding carboxylic acids is 1. The molecule has 3 rings (SSSR count). The van der Waals surface area contributed by atoms with Crippen molar-refractivity contribution in [2.75, 3.05) is 17.2 Å². The average Bonchev–Trinajstić information content (AvgIpc) is 3.05. The molecule has 0 saturated heterocycles. The molecule has 3 aromatic rings. The first-order valence-corrected chi connectivity index (χ1v) is 11.1. The van der Waals surface area contributed by atoms with E-state index in [4.69, 9.17) is 5.73 Å². The summed E-state index contributed by atoms with van der Waals surface area (Å²) in [5.41, 5.74) is 6.77. The number of H-pyrrole nitrogens is 1. The highest BCUT2D eigenvalue weighted by Gasteiger charge is 2.25. The van der Waals surface area contributed by atoms with Gasteiger partial charge in [0, 0.05) is 13.1 Å². The standard InChI is InChI=1S/C23H32N6O3/c1-5-6-12-28-21(24)20(22(31)26-23(28)32)27(13-11-15(2)3)19(30)14-29-16(4)25-17-9-7-8-10-18(17)29/h7-10,15H,5-6,11-14,24H2,1-4H3,(H,26,31,32).